The molecule has 0 aliphatic rings. The van der Waals surface area contributed by atoms with E-state index in [1.807, 2.05) is 19.1 Å². The van der Waals surface area contributed by atoms with Crippen molar-refractivity contribution in [3.05, 3.63) is 59.2 Å². The van der Waals surface area contributed by atoms with Crippen LogP contribution in [-0.2, 0) is 0 Å². The van der Waals surface area contributed by atoms with Gasteiger partial charge in [0.1, 0.15) is 5.92 Å². The van der Waals surface area contributed by atoms with E-state index >= 15 is 0 Å². The molecule has 4 nitrogen and oxygen atoms in total. The molecule has 0 bridgehead atoms. The van der Waals surface area contributed by atoms with Crippen LogP contribution in [0.1, 0.15) is 27.4 Å². The topological polar surface area (TPSA) is 59.3 Å². The van der Waals surface area contributed by atoms with Gasteiger partial charge in [-0.3, -0.25) is 4.79 Å². The maximum Gasteiger partial charge on any atom is 0.184 e. The van der Waals surface area contributed by atoms with Gasteiger partial charge in [0, 0.05) is 5.56 Å². The fraction of sp³-hybridized carbons (Fsp3) is 0.222. The molecule has 0 saturated carbocycles. The Morgan fingerprint density at radius 1 is 1.09 bits per heavy atom. The monoisotopic (exact) mass is 295 g/mol. The number of hydrogen-bond acceptors (Lipinski definition) is 4. The molecule has 0 aromatic heterocycles. The van der Waals surface area contributed by atoms with E-state index in [0.717, 1.165) is 5.56 Å². The molecule has 2 aromatic carbocycles. The SMILES string of the molecule is COc1ccc(C(C#N)C(=O)c2ccccc2C)cc1OC. The summed E-state index contributed by atoms with van der Waals surface area (Å²) in [5.41, 5.74) is 2.01. The lowest BCUT2D eigenvalue weighted by Crippen LogP contribution is -2.12. The Bertz CT molecular complexity index is 731. The van der Waals surface area contributed by atoms with Crippen LogP contribution in [-0.4, -0.2) is 20.0 Å². The number of benzene rings is 2. The van der Waals surface area contributed by atoms with E-state index in [2.05, 4.69) is 6.07 Å². The van der Waals surface area contributed by atoms with Gasteiger partial charge in [-0.25, -0.2) is 0 Å². The largest absolute Gasteiger partial charge is 0.493 e. The lowest BCUT2D eigenvalue weighted by atomic mass is 9.90. The number of methoxy groups -OCH3 is 2. The summed E-state index contributed by atoms with van der Waals surface area (Å²) in [4.78, 5) is 12.7. The fourth-order valence-electron chi connectivity index (χ4n) is 2.32. The molecule has 0 spiro atoms. The highest BCUT2D eigenvalue weighted by atomic mass is 16.5. The summed E-state index contributed by atoms with van der Waals surface area (Å²) in [6, 6.07) is 14.4. The van der Waals surface area contributed by atoms with Crippen LogP contribution in [0.15, 0.2) is 42.5 Å². The summed E-state index contributed by atoms with van der Waals surface area (Å²) in [5, 5.41) is 9.45. The highest BCUT2D eigenvalue weighted by Crippen LogP contribution is 2.32. The van der Waals surface area contributed by atoms with Crippen molar-refractivity contribution < 1.29 is 14.3 Å². The number of carbonyl (C=O) groups is 1. The number of hydrogen-bond donors (Lipinski definition) is 0. The lowest BCUT2D eigenvalue weighted by Gasteiger charge is -2.13. The van der Waals surface area contributed by atoms with Gasteiger partial charge in [0.15, 0.2) is 17.3 Å². The number of nitriles is 1. The molecule has 0 amide bonds. The zero-order chi connectivity index (χ0) is 16.1. The molecule has 0 radical (unpaired) electrons. The van der Waals surface area contributed by atoms with Crippen molar-refractivity contribution in [3.8, 4) is 17.6 Å². The first kappa shape index (κ1) is 15.6. The van der Waals surface area contributed by atoms with Crippen LogP contribution < -0.4 is 9.47 Å². The molecule has 1 unspecified atom stereocenters. The van der Waals surface area contributed by atoms with Crippen molar-refractivity contribution in [1.29, 1.82) is 5.26 Å². The van der Waals surface area contributed by atoms with E-state index in [1.165, 1.54) is 14.2 Å². The molecule has 0 aliphatic heterocycles. The van der Waals surface area contributed by atoms with E-state index in [9.17, 15) is 10.1 Å². The van der Waals surface area contributed by atoms with Crippen LogP contribution >= 0.6 is 0 Å². The number of rotatable bonds is 5. The maximum absolute atomic E-state index is 12.7. The number of nitrogens with zero attached hydrogens (tertiary/aromatic N) is 1. The first-order chi connectivity index (χ1) is 10.6. The van der Waals surface area contributed by atoms with Crippen LogP contribution in [0.5, 0.6) is 11.5 Å². The normalized spacial score (nSPS) is 11.4. The predicted octanol–water partition coefficient (Wildman–Crippen LogP) is 3.50. The van der Waals surface area contributed by atoms with E-state index in [-0.39, 0.29) is 5.78 Å². The highest BCUT2D eigenvalue weighted by Gasteiger charge is 2.24. The quantitative estimate of drug-likeness (QED) is 0.792. The van der Waals surface area contributed by atoms with Crippen LogP contribution in [0.3, 0.4) is 0 Å². The smallest absolute Gasteiger partial charge is 0.184 e. The highest BCUT2D eigenvalue weighted by molar-refractivity contribution is 6.03. The minimum absolute atomic E-state index is 0.215. The predicted molar refractivity (Wildman–Crippen MR) is 83.4 cm³/mol. The standard InChI is InChI=1S/C18H17NO3/c1-12-6-4-5-7-14(12)18(20)15(11-19)13-8-9-16(21-2)17(10-13)22-3/h4-10,15H,1-3H3. The second kappa shape index (κ2) is 6.77. The average Bonchev–Trinajstić information content (AvgIpc) is 2.55. The number of ether oxygens (including phenoxy) is 2. The second-order valence-corrected chi connectivity index (χ2v) is 4.86. The zero-order valence-corrected chi connectivity index (χ0v) is 12.8. The number of Topliss-reactive ketones (excluding diaryl/α,β-unsaturated/α-hetero) is 1. The van der Waals surface area contributed by atoms with Gasteiger partial charge in [-0.05, 0) is 30.2 Å². The van der Waals surface area contributed by atoms with Gasteiger partial charge >= 0.3 is 0 Å². The minimum atomic E-state index is -0.874. The van der Waals surface area contributed by atoms with Gasteiger partial charge in [-0.15, -0.1) is 0 Å². The lowest BCUT2D eigenvalue weighted by molar-refractivity contribution is 0.0978. The van der Waals surface area contributed by atoms with Crippen LogP contribution in [0.2, 0.25) is 0 Å². The summed E-state index contributed by atoms with van der Waals surface area (Å²) in [7, 11) is 3.06. The molecular weight excluding hydrogens is 278 g/mol. The molecule has 0 saturated heterocycles. The molecule has 112 valence electrons. The summed E-state index contributed by atoms with van der Waals surface area (Å²) in [6.45, 7) is 1.86. The van der Waals surface area contributed by atoms with Crippen molar-refractivity contribution in [3.63, 3.8) is 0 Å². The molecule has 0 aliphatic carbocycles. The van der Waals surface area contributed by atoms with E-state index in [0.29, 0.717) is 22.6 Å². The summed E-state index contributed by atoms with van der Waals surface area (Å²) < 4.78 is 10.4. The second-order valence-electron chi connectivity index (χ2n) is 4.86. The molecule has 0 fully saturated rings. The Kier molecular flexibility index (Phi) is 4.80. The number of carbonyl (C=O) groups excluding carboxylic acids is 1. The average molecular weight is 295 g/mol. The minimum Gasteiger partial charge on any atom is -0.493 e. The van der Waals surface area contributed by atoms with Crippen LogP contribution in [0, 0.1) is 18.3 Å². The molecule has 2 aromatic rings. The van der Waals surface area contributed by atoms with E-state index < -0.39 is 5.92 Å². The molecule has 0 heterocycles. The van der Waals surface area contributed by atoms with Gasteiger partial charge in [-0.2, -0.15) is 5.26 Å². The fourth-order valence-corrected chi connectivity index (χ4v) is 2.32. The summed E-state index contributed by atoms with van der Waals surface area (Å²) >= 11 is 0. The molecule has 22 heavy (non-hydrogen) atoms. The van der Waals surface area contributed by atoms with Gasteiger partial charge in [0.05, 0.1) is 20.3 Å². The zero-order valence-electron chi connectivity index (χ0n) is 12.8. The first-order valence-corrected chi connectivity index (χ1v) is 6.83. The van der Waals surface area contributed by atoms with Crippen molar-refractivity contribution in [2.24, 2.45) is 0 Å². The summed E-state index contributed by atoms with van der Waals surface area (Å²) in [6.07, 6.45) is 0. The third-order valence-corrected chi connectivity index (χ3v) is 3.54. The van der Waals surface area contributed by atoms with Crippen molar-refractivity contribution in [1.82, 2.24) is 0 Å². The molecule has 0 N–H and O–H groups in total. The summed E-state index contributed by atoms with van der Waals surface area (Å²) in [5.74, 6) is -0.0298. The molecule has 2 rings (SSSR count). The Hall–Kier alpha value is -2.80. The van der Waals surface area contributed by atoms with Crippen LogP contribution in [0.4, 0.5) is 0 Å². The number of ketones is 1. The van der Waals surface area contributed by atoms with Crippen molar-refractivity contribution >= 4 is 5.78 Å². The molecular formula is C18H17NO3. The Morgan fingerprint density at radius 2 is 1.77 bits per heavy atom. The Balaban J connectivity index is 2.43. The Labute approximate surface area is 129 Å². The third-order valence-electron chi connectivity index (χ3n) is 3.54. The van der Waals surface area contributed by atoms with E-state index in [4.69, 9.17) is 9.47 Å². The van der Waals surface area contributed by atoms with Crippen LogP contribution in [0.25, 0.3) is 0 Å². The van der Waals surface area contributed by atoms with Crippen molar-refractivity contribution in [2.75, 3.05) is 14.2 Å². The Morgan fingerprint density at radius 3 is 2.36 bits per heavy atom. The van der Waals surface area contributed by atoms with Gasteiger partial charge in [0.25, 0.3) is 0 Å². The van der Waals surface area contributed by atoms with Crippen molar-refractivity contribution in [2.45, 2.75) is 12.8 Å². The third kappa shape index (κ3) is 2.94. The first-order valence-electron chi connectivity index (χ1n) is 6.83. The molecule has 4 heteroatoms. The number of aryl methyl sites for hydroxylation is 1. The molecule has 1 atom stereocenters. The van der Waals surface area contributed by atoms with Gasteiger partial charge in [-0.1, -0.05) is 30.3 Å². The van der Waals surface area contributed by atoms with Gasteiger partial charge in [0.2, 0.25) is 0 Å². The van der Waals surface area contributed by atoms with E-state index in [1.54, 1.807) is 30.3 Å². The maximum atomic E-state index is 12.7. The van der Waals surface area contributed by atoms with Gasteiger partial charge < -0.3 is 9.47 Å².